The first-order chi connectivity index (χ1) is 10.0. The molecule has 0 spiro atoms. The lowest BCUT2D eigenvalue weighted by molar-refractivity contribution is 0.0616. The van der Waals surface area contributed by atoms with Crippen molar-refractivity contribution in [3.05, 3.63) is 23.7 Å². The summed E-state index contributed by atoms with van der Waals surface area (Å²) < 4.78 is 11.5. The second-order valence-corrected chi connectivity index (χ2v) is 6.02. The first kappa shape index (κ1) is 18.2. The Hall–Kier alpha value is -0.840. The Morgan fingerprint density at radius 1 is 1.14 bits per heavy atom. The van der Waals surface area contributed by atoms with Crippen molar-refractivity contribution >= 4 is 0 Å². The monoisotopic (exact) mass is 296 g/mol. The Morgan fingerprint density at radius 2 is 1.81 bits per heavy atom. The molecule has 0 radical (unpaired) electrons. The highest BCUT2D eigenvalue weighted by Crippen LogP contribution is 2.10. The van der Waals surface area contributed by atoms with E-state index in [9.17, 15) is 0 Å². The molecule has 0 aromatic carbocycles. The first-order valence-electron chi connectivity index (χ1n) is 8.16. The largest absolute Gasteiger partial charge is 0.462 e. The van der Waals surface area contributed by atoms with E-state index in [0.717, 1.165) is 44.2 Å². The Bertz CT molecular complexity index is 367. The second-order valence-electron chi connectivity index (χ2n) is 6.02. The summed E-state index contributed by atoms with van der Waals surface area (Å²) in [6.45, 7) is 15.1. The standard InChI is InChI=1S/C17H32N2O2/c1-6-9-18-12-16-7-8-17(21-16)13-20-11-10-19(14(2)3)15(4)5/h7-8,14-15,18H,6,9-13H2,1-5H3. The molecule has 0 bridgehead atoms. The number of furan rings is 1. The van der Waals surface area contributed by atoms with Crippen molar-refractivity contribution in [2.45, 2.75) is 66.3 Å². The van der Waals surface area contributed by atoms with E-state index in [1.54, 1.807) is 0 Å². The zero-order valence-corrected chi connectivity index (χ0v) is 14.3. The minimum Gasteiger partial charge on any atom is -0.462 e. The molecule has 0 aliphatic rings. The number of ether oxygens (including phenoxy) is 1. The molecule has 1 rings (SSSR count). The van der Waals surface area contributed by atoms with Crippen LogP contribution < -0.4 is 5.32 Å². The Morgan fingerprint density at radius 3 is 2.43 bits per heavy atom. The van der Waals surface area contributed by atoms with Crippen molar-refractivity contribution in [2.24, 2.45) is 0 Å². The molecule has 0 saturated carbocycles. The van der Waals surface area contributed by atoms with Gasteiger partial charge in [0.2, 0.25) is 0 Å². The van der Waals surface area contributed by atoms with Crippen LogP contribution in [-0.4, -0.2) is 36.7 Å². The molecule has 4 nitrogen and oxygen atoms in total. The maximum Gasteiger partial charge on any atom is 0.129 e. The minimum absolute atomic E-state index is 0.549. The summed E-state index contributed by atoms with van der Waals surface area (Å²) >= 11 is 0. The van der Waals surface area contributed by atoms with Crippen molar-refractivity contribution in [3.8, 4) is 0 Å². The fourth-order valence-electron chi connectivity index (χ4n) is 2.44. The second kappa shape index (κ2) is 9.98. The van der Waals surface area contributed by atoms with Crippen molar-refractivity contribution < 1.29 is 9.15 Å². The minimum atomic E-state index is 0.549. The summed E-state index contributed by atoms with van der Waals surface area (Å²) in [7, 11) is 0. The lowest BCUT2D eigenvalue weighted by Gasteiger charge is -2.30. The topological polar surface area (TPSA) is 37.6 Å². The van der Waals surface area contributed by atoms with E-state index in [0.29, 0.717) is 18.7 Å². The highest BCUT2D eigenvalue weighted by Gasteiger charge is 2.12. The van der Waals surface area contributed by atoms with E-state index >= 15 is 0 Å². The van der Waals surface area contributed by atoms with E-state index in [1.807, 2.05) is 12.1 Å². The van der Waals surface area contributed by atoms with E-state index in [4.69, 9.17) is 9.15 Å². The summed E-state index contributed by atoms with van der Waals surface area (Å²) in [6, 6.07) is 5.13. The lowest BCUT2D eigenvalue weighted by Crippen LogP contribution is -2.39. The Labute approximate surface area is 129 Å². The van der Waals surface area contributed by atoms with Crippen LogP contribution >= 0.6 is 0 Å². The van der Waals surface area contributed by atoms with Gasteiger partial charge in [-0.15, -0.1) is 0 Å². The van der Waals surface area contributed by atoms with Gasteiger partial charge in [0.05, 0.1) is 13.2 Å². The maximum atomic E-state index is 5.73. The highest BCUT2D eigenvalue weighted by atomic mass is 16.5. The van der Waals surface area contributed by atoms with Crippen molar-refractivity contribution in [1.29, 1.82) is 0 Å². The molecule has 0 saturated heterocycles. The van der Waals surface area contributed by atoms with E-state index in [1.165, 1.54) is 0 Å². The first-order valence-corrected chi connectivity index (χ1v) is 8.16. The summed E-state index contributed by atoms with van der Waals surface area (Å²) in [5.41, 5.74) is 0. The molecule has 1 aromatic rings. The van der Waals surface area contributed by atoms with Crippen LogP contribution in [0.15, 0.2) is 16.5 Å². The van der Waals surface area contributed by atoms with Gasteiger partial charge in [-0.25, -0.2) is 0 Å². The zero-order valence-electron chi connectivity index (χ0n) is 14.3. The average Bonchev–Trinajstić information content (AvgIpc) is 2.86. The molecule has 1 heterocycles. The van der Waals surface area contributed by atoms with Crippen LogP contribution in [0.2, 0.25) is 0 Å². The van der Waals surface area contributed by atoms with E-state index in [2.05, 4.69) is 44.8 Å². The number of nitrogens with zero attached hydrogens (tertiary/aromatic N) is 1. The van der Waals surface area contributed by atoms with Gasteiger partial charge in [-0.3, -0.25) is 4.90 Å². The summed E-state index contributed by atoms with van der Waals surface area (Å²) in [5, 5.41) is 3.33. The predicted octanol–water partition coefficient (Wildman–Crippen LogP) is 3.41. The van der Waals surface area contributed by atoms with Crippen LogP contribution in [0, 0.1) is 0 Å². The van der Waals surface area contributed by atoms with Crippen LogP contribution in [0.3, 0.4) is 0 Å². The maximum absolute atomic E-state index is 5.73. The van der Waals surface area contributed by atoms with E-state index < -0.39 is 0 Å². The summed E-state index contributed by atoms with van der Waals surface area (Å²) in [5.74, 6) is 1.89. The quantitative estimate of drug-likeness (QED) is 0.635. The van der Waals surface area contributed by atoms with Gasteiger partial charge in [-0.1, -0.05) is 6.92 Å². The van der Waals surface area contributed by atoms with Crippen molar-refractivity contribution in [2.75, 3.05) is 19.7 Å². The summed E-state index contributed by atoms with van der Waals surface area (Å²) in [6.07, 6.45) is 1.14. The van der Waals surface area contributed by atoms with Crippen LogP contribution in [0.4, 0.5) is 0 Å². The predicted molar refractivity (Wildman–Crippen MR) is 87.3 cm³/mol. The van der Waals surface area contributed by atoms with E-state index in [-0.39, 0.29) is 0 Å². The van der Waals surface area contributed by atoms with Gasteiger partial charge in [0.15, 0.2) is 0 Å². The van der Waals surface area contributed by atoms with Crippen LogP contribution in [0.1, 0.15) is 52.6 Å². The number of hydrogen-bond acceptors (Lipinski definition) is 4. The van der Waals surface area contributed by atoms with Crippen LogP contribution in [0.5, 0.6) is 0 Å². The molecule has 0 amide bonds. The molecule has 1 aromatic heterocycles. The molecule has 21 heavy (non-hydrogen) atoms. The molecule has 0 unspecified atom stereocenters. The Kier molecular flexibility index (Phi) is 8.66. The van der Waals surface area contributed by atoms with Crippen LogP contribution in [-0.2, 0) is 17.9 Å². The fraction of sp³-hybridized carbons (Fsp3) is 0.765. The van der Waals surface area contributed by atoms with Gasteiger partial charge in [-0.05, 0) is 52.8 Å². The van der Waals surface area contributed by atoms with Gasteiger partial charge >= 0.3 is 0 Å². The smallest absolute Gasteiger partial charge is 0.129 e. The van der Waals surface area contributed by atoms with Gasteiger partial charge in [0, 0.05) is 18.6 Å². The molecule has 4 heteroatoms. The molecule has 0 aliphatic carbocycles. The van der Waals surface area contributed by atoms with Crippen molar-refractivity contribution in [1.82, 2.24) is 10.2 Å². The third kappa shape index (κ3) is 7.11. The fourth-order valence-corrected chi connectivity index (χ4v) is 2.44. The molecule has 0 aliphatic heterocycles. The summed E-state index contributed by atoms with van der Waals surface area (Å²) in [4.78, 5) is 2.43. The number of rotatable bonds is 11. The van der Waals surface area contributed by atoms with Gasteiger partial charge in [0.1, 0.15) is 18.1 Å². The molecule has 0 atom stereocenters. The molecule has 1 N–H and O–H groups in total. The third-order valence-electron chi connectivity index (χ3n) is 3.51. The molecule has 0 fully saturated rings. The van der Waals surface area contributed by atoms with Crippen LogP contribution in [0.25, 0.3) is 0 Å². The third-order valence-corrected chi connectivity index (χ3v) is 3.51. The van der Waals surface area contributed by atoms with Crippen molar-refractivity contribution in [3.63, 3.8) is 0 Å². The lowest BCUT2D eigenvalue weighted by atomic mass is 10.2. The normalized spacial score (nSPS) is 12.0. The zero-order chi connectivity index (χ0) is 15.7. The average molecular weight is 296 g/mol. The van der Waals surface area contributed by atoms with Gasteiger partial charge in [0.25, 0.3) is 0 Å². The molecule has 122 valence electrons. The SMILES string of the molecule is CCCNCc1ccc(COCCN(C(C)C)C(C)C)o1. The van der Waals surface area contributed by atoms with Gasteiger partial charge in [-0.2, -0.15) is 0 Å². The van der Waals surface area contributed by atoms with Gasteiger partial charge < -0.3 is 14.5 Å². The number of hydrogen-bond donors (Lipinski definition) is 1. The highest BCUT2D eigenvalue weighted by molar-refractivity contribution is 5.06. The molecular weight excluding hydrogens is 264 g/mol. The Balaban J connectivity index is 2.23. The number of nitrogens with one attached hydrogen (secondary N) is 1. The molecular formula is C17H32N2O2.